The summed E-state index contributed by atoms with van der Waals surface area (Å²) in [6.45, 7) is 11.7. The summed E-state index contributed by atoms with van der Waals surface area (Å²) >= 11 is 1.68. The van der Waals surface area contributed by atoms with Crippen LogP contribution in [-0.4, -0.2) is 22.3 Å². The lowest BCUT2D eigenvalue weighted by atomic mass is 10.0. The van der Waals surface area contributed by atoms with Crippen molar-refractivity contribution in [1.29, 1.82) is 0 Å². The highest BCUT2D eigenvalue weighted by Gasteiger charge is 2.16. The fraction of sp³-hybridized carbons (Fsp3) is 0.750. The SMILES string of the molecule is CCC(C)(C)NCC(C)Sc1nc(C)co1. The van der Waals surface area contributed by atoms with E-state index in [0.717, 1.165) is 23.9 Å². The number of aryl methyl sites for hydroxylation is 1. The van der Waals surface area contributed by atoms with E-state index in [1.54, 1.807) is 18.0 Å². The minimum atomic E-state index is 0.210. The zero-order valence-electron chi connectivity index (χ0n) is 10.8. The van der Waals surface area contributed by atoms with Gasteiger partial charge in [-0.1, -0.05) is 25.6 Å². The summed E-state index contributed by atoms with van der Waals surface area (Å²) in [6.07, 6.45) is 2.82. The number of thioether (sulfide) groups is 1. The smallest absolute Gasteiger partial charge is 0.256 e. The Kier molecular flexibility index (Phi) is 4.87. The van der Waals surface area contributed by atoms with Crippen molar-refractivity contribution in [3.63, 3.8) is 0 Å². The predicted molar refractivity (Wildman–Crippen MR) is 68.9 cm³/mol. The van der Waals surface area contributed by atoms with E-state index in [9.17, 15) is 0 Å². The van der Waals surface area contributed by atoms with Crippen LogP contribution in [0.4, 0.5) is 0 Å². The third kappa shape index (κ3) is 4.58. The molecule has 0 aliphatic heterocycles. The Morgan fingerprint density at radius 1 is 1.56 bits per heavy atom. The number of hydrogen-bond donors (Lipinski definition) is 1. The van der Waals surface area contributed by atoms with E-state index in [2.05, 4.69) is 38.0 Å². The summed E-state index contributed by atoms with van der Waals surface area (Å²) in [5.74, 6) is 0. The third-order valence-electron chi connectivity index (χ3n) is 2.65. The molecule has 1 heterocycles. The summed E-state index contributed by atoms with van der Waals surface area (Å²) in [5, 5.41) is 4.77. The van der Waals surface area contributed by atoms with Gasteiger partial charge in [-0.05, 0) is 27.2 Å². The Hall–Kier alpha value is -0.480. The third-order valence-corrected chi connectivity index (χ3v) is 3.61. The average molecular weight is 242 g/mol. The van der Waals surface area contributed by atoms with Crippen molar-refractivity contribution in [2.45, 2.75) is 57.1 Å². The Balaban J connectivity index is 2.34. The van der Waals surface area contributed by atoms with E-state index in [4.69, 9.17) is 4.42 Å². The highest BCUT2D eigenvalue weighted by atomic mass is 32.2. The number of nitrogens with one attached hydrogen (secondary N) is 1. The first-order chi connectivity index (χ1) is 7.43. The lowest BCUT2D eigenvalue weighted by Crippen LogP contribution is -2.41. The summed E-state index contributed by atoms with van der Waals surface area (Å²) < 4.78 is 5.32. The van der Waals surface area contributed by atoms with Crippen LogP contribution in [0.25, 0.3) is 0 Å². The van der Waals surface area contributed by atoms with E-state index in [0.29, 0.717) is 5.25 Å². The van der Waals surface area contributed by atoms with Gasteiger partial charge in [0.15, 0.2) is 0 Å². The van der Waals surface area contributed by atoms with E-state index in [1.807, 2.05) is 6.92 Å². The molecule has 4 heteroatoms. The molecular weight excluding hydrogens is 220 g/mol. The van der Waals surface area contributed by atoms with E-state index < -0.39 is 0 Å². The average Bonchev–Trinajstić information content (AvgIpc) is 2.61. The first kappa shape index (κ1) is 13.6. The molecule has 0 aromatic carbocycles. The molecule has 0 spiro atoms. The van der Waals surface area contributed by atoms with Gasteiger partial charge in [0.25, 0.3) is 5.22 Å². The van der Waals surface area contributed by atoms with Gasteiger partial charge in [0.1, 0.15) is 6.26 Å². The van der Waals surface area contributed by atoms with Crippen LogP contribution in [-0.2, 0) is 0 Å². The van der Waals surface area contributed by atoms with Gasteiger partial charge in [0, 0.05) is 17.3 Å². The van der Waals surface area contributed by atoms with Crippen LogP contribution >= 0.6 is 11.8 Å². The zero-order valence-corrected chi connectivity index (χ0v) is 11.6. The van der Waals surface area contributed by atoms with Crippen molar-refractivity contribution >= 4 is 11.8 Å². The van der Waals surface area contributed by atoms with E-state index in [1.165, 1.54) is 0 Å². The normalized spacial score (nSPS) is 14.1. The molecule has 1 rings (SSSR count). The van der Waals surface area contributed by atoms with Crippen molar-refractivity contribution in [2.24, 2.45) is 0 Å². The van der Waals surface area contributed by atoms with Crippen LogP contribution in [0.5, 0.6) is 0 Å². The molecule has 1 aromatic heterocycles. The lowest BCUT2D eigenvalue weighted by molar-refractivity contribution is 0.378. The molecule has 0 aliphatic rings. The predicted octanol–water partition coefficient (Wildman–Crippen LogP) is 3.24. The molecule has 1 aromatic rings. The largest absolute Gasteiger partial charge is 0.440 e. The molecule has 0 fully saturated rings. The molecule has 1 N–H and O–H groups in total. The number of nitrogens with zero attached hydrogens (tertiary/aromatic N) is 1. The minimum Gasteiger partial charge on any atom is -0.440 e. The maximum Gasteiger partial charge on any atom is 0.256 e. The molecule has 0 bridgehead atoms. The molecular formula is C12H22N2OS. The second-order valence-electron chi connectivity index (χ2n) is 4.80. The first-order valence-electron chi connectivity index (χ1n) is 5.77. The van der Waals surface area contributed by atoms with E-state index >= 15 is 0 Å². The van der Waals surface area contributed by atoms with Gasteiger partial charge >= 0.3 is 0 Å². The van der Waals surface area contributed by atoms with Crippen LogP contribution in [0.1, 0.15) is 39.8 Å². The van der Waals surface area contributed by atoms with Gasteiger partial charge in [0.05, 0.1) is 5.69 Å². The summed E-state index contributed by atoms with van der Waals surface area (Å²) in [5.41, 5.74) is 1.15. The van der Waals surface area contributed by atoms with Crippen molar-refractivity contribution in [3.8, 4) is 0 Å². The molecule has 1 unspecified atom stereocenters. The molecule has 1 atom stereocenters. The Morgan fingerprint density at radius 2 is 2.25 bits per heavy atom. The quantitative estimate of drug-likeness (QED) is 0.777. The van der Waals surface area contributed by atoms with Crippen molar-refractivity contribution in [2.75, 3.05) is 6.54 Å². The molecule has 0 aliphatic carbocycles. The van der Waals surface area contributed by atoms with Gasteiger partial charge in [-0.15, -0.1) is 0 Å². The molecule has 0 saturated heterocycles. The topological polar surface area (TPSA) is 38.1 Å². The van der Waals surface area contributed by atoms with Crippen molar-refractivity contribution < 1.29 is 4.42 Å². The van der Waals surface area contributed by atoms with Gasteiger partial charge < -0.3 is 9.73 Å². The second kappa shape index (κ2) is 5.73. The Labute approximate surface area is 102 Å². The number of hydrogen-bond acceptors (Lipinski definition) is 4. The van der Waals surface area contributed by atoms with Gasteiger partial charge in [0.2, 0.25) is 0 Å². The van der Waals surface area contributed by atoms with Crippen LogP contribution in [0.3, 0.4) is 0 Å². The number of aromatic nitrogens is 1. The van der Waals surface area contributed by atoms with Crippen molar-refractivity contribution in [1.82, 2.24) is 10.3 Å². The monoisotopic (exact) mass is 242 g/mol. The summed E-state index contributed by atoms with van der Waals surface area (Å²) in [6, 6.07) is 0. The lowest BCUT2D eigenvalue weighted by Gasteiger charge is -2.26. The van der Waals surface area contributed by atoms with Crippen LogP contribution in [0.15, 0.2) is 15.9 Å². The number of rotatable bonds is 6. The molecule has 16 heavy (non-hydrogen) atoms. The number of oxazole rings is 1. The molecule has 0 radical (unpaired) electrons. The molecule has 92 valence electrons. The first-order valence-corrected chi connectivity index (χ1v) is 6.65. The van der Waals surface area contributed by atoms with Crippen LogP contribution in [0.2, 0.25) is 0 Å². The fourth-order valence-corrected chi connectivity index (χ4v) is 1.96. The standard InChI is InChI=1S/C12H22N2OS/c1-6-12(4,5)13-7-10(3)16-11-14-9(2)8-15-11/h8,10,13H,6-7H2,1-5H3. The maximum absolute atomic E-state index is 5.32. The second-order valence-corrected chi connectivity index (χ2v) is 6.19. The Bertz CT molecular complexity index is 323. The highest BCUT2D eigenvalue weighted by molar-refractivity contribution is 7.99. The highest BCUT2D eigenvalue weighted by Crippen LogP contribution is 2.22. The molecule has 0 amide bonds. The van der Waals surface area contributed by atoms with Gasteiger partial charge in [-0.3, -0.25) is 0 Å². The summed E-state index contributed by atoms with van der Waals surface area (Å²) in [4.78, 5) is 4.28. The fourth-order valence-electron chi connectivity index (χ4n) is 1.15. The van der Waals surface area contributed by atoms with Crippen molar-refractivity contribution in [3.05, 3.63) is 12.0 Å². The van der Waals surface area contributed by atoms with E-state index in [-0.39, 0.29) is 5.54 Å². The maximum atomic E-state index is 5.32. The van der Waals surface area contributed by atoms with Crippen LogP contribution < -0.4 is 5.32 Å². The zero-order chi connectivity index (χ0) is 12.2. The van der Waals surface area contributed by atoms with Gasteiger partial charge in [-0.2, -0.15) is 0 Å². The van der Waals surface area contributed by atoms with Crippen LogP contribution in [0, 0.1) is 6.92 Å². The summed E-state index contributed by atoms with van der Waals surface area (Å²) in [7, 11) is 0. The molecule has 0 saturated carbocycles. The van der Waals surface area contributed by atoms with Gasteiger partial charge in [-0.25, -0.2) is 4.98 Å². The molecule has 3 nitrogen and oxygen atoms in total. The Morgan fingerprint density at radius 3 is 2.75 bits per heavy atom. The minimum absolute atomic E-state index is 0.210.